The van der Waals surface area contributed by atoms with Crippen molar-refractivity contribution in [3.8, 4) is 0 Å². The van der Waals surface area contributed by atoms with Gasteiger partial charge in [-0.05, 0) is 55.7 Å². The molecule has 2 aromatic rings. The Labute approximate surface area is 188 Å². The van der Waals surface area contributed by atoms with Gasteiger partial charge in [0.2, 0.25) is 5.56 Å². The van der Waals surface area contributed by atoms with Crippen molar-refractivity contribution < 1.29 is 4.79 Å². The molecule has 2 aliphatic carbocycles. The number of carbonyl (C=O) groups is 1. The third-order valence-electron chi connectivity index (χ3n) is 6.29. The Morgan fingerprint density at radius 2 is 2.06 bits per heavy atom. The first-order valence-electron chi connectivity index (χ1n) is 10.9. The van der Waals surface area contributed by atoms with E-state index in [1.807, 2.05) is 48.7 Å². The Bertz CT molecular complexity index is 1230. The van der Waals surface area contributed by atoms with Crippen LogP contribution in [-0.2, 0) is 12.0 Å². The van der Waals surface area contributed by atoms with Crippen molar-refractivity contribution in [1.29, 1.82) is 0 Å². The summed E-state index contributed by atoms with van der Waals surface area (Å²) in [6, 6.07) is 11.1. The minimum Gasteiger partial charge on any atom is -0.345 e. The third-order valence-corrected chi connectivity index (χ3v) is 6.29. The molecule has 0 fully saturated rings. The van der Waals surface area contributed by atoms with Crippen LogP contribution in [0.4, 0.5) is 0 Å². The lowest BCUT2D eigenvalue weighted by Gasteiger charge is -2.45. The molecule has 1 amide bonds. The lowest BCUT2D eigenvalue weighted by molar-refractivity contribution is 0.0827. The molecule has 1 heterocycles. The highest BCUT2D eigenvalue weighted by atomic mass is 16.2. The molecule has 2 atom stereocenters. The molecule has 0 spiro atoms. The summed E-state index contributed by atoms with van der Waals surface area (Å²) in [6.45, 7) is 4.23. The Balaban J connectivity index is 1.69. The summed E-state index contributed by atoms with van der Waals surface area (Å²) in [5.41, 5.74) is 5.69. The molecule has 0 saturated heterocycles. The predicted octanol–water partition coefficient (Wildman–Crippen LogP) is 4.52. The van der Waals surface area contributed by atoms with E-state index in [9.17, 15) is 9.59 Å². The maximum atomic E-state index is 12.2. The van der Waals surface area contributed by atoms with Gasteiger partial charge in [-0.15, -0.1) is 0 Å². The Kier molecular flexibility index (Phi) is 5.83. The second kappa shape index (κ2) is 8.58. The molecular formula is C27H29N3O2. The number of nitrogens with zero attached hydrogens (tertiary/aromatic N) is 2. The minimum atomic E-state index is -0.497. The number of aromatic nitrogens is 1. The van der Waals surface area contributed by atoms with Gasteiger partial charge in [-0.25, -0.2) is 0 Å². The van der Waals surface area contributed by atoms with Crippen molar-refractivity contribution in [1.82, 2.24) is 9.88 Å². The first-order valence-corrected chi connectivity index (χ1v) is 10.9. The molecule has 0 unspecified atom stereocenters. The molecule has 0 saturated carbocycles. The molecule has 164 valence electrons. The molecule has 2 aliphatic rings. The number of pyridine rings is 1. The fourth-order valence-corrected chi connectivity index (χ4v) is 5.01. The maximum absolute atomic E-state index is 12.2. The highest BCUT2D eigenvalue weighted by Crippen LogP contribution is 2.51. The molecule has 5 heteroatoms. The maximum Gasteiger partial charge on any atom is 0.253 e. The molecule has 1 aromatic heterocycles. The van der Waals surface area contributed by atoms with Gasteiger partial charge in [0.15, 0.2) is 0 Å². The number of hydrogen-bond acceptors (Lipinski definition) is 3. The fraction of sp³-hybridized carbons (Fsp3) is 0.296. The zero-order chi connectivity index (χ0) is 22.9. The van der Waals surface area contributed by atoms with Crippen LogP contribution in [-0.4, -0.2) is 36.1 Å². The number of aliphatic imine (C=N–C) groups is 1. The summed E-state index contributed by atoms with van der Waals surface area (Å²) >= 11 is 0. The van der Waals surface area contributed by atoms with Crippen molar-refractivity contribution in [2.45, 2.75) is 32.2 Å². The van der Waals surface area contributed by atoms with Crippen LogP contribution in [0.25, 0.3) is 6.08 Å². The van der Waals surface area contributed by atoms with E-state index < -0.39 is 5.54 Å². The van der Waals surface area contributed by atoms with E-state index in [4.69, 9.17) is 4.99 Å². The normalized spacial score (nSPS) is 23.4. The largest absolute Gasteiger partial charge is 0.345 e. The zero-order valence-corrected chi connectivity index (χ0v) is 19.1. The van der Waals surface area contributed by atoms with Crippen molar-refractivity contribution in [3.05, 3.63) is 98.5 Å². The van der Waals surface area contributed by atoms with Crippen molar-refractivity contribution in [3.63, 3.8) is 0 Å². The van der Waals surface area contributed by atoms with Crippen molar-refractivity contribution in [2.24, 2.45) is 10.9 Å². The van der Waals surface area contributed by atoms with Crippen LogP contribution in [0.1, 0.15) is 47.4 Å². The molecule has 32 heavy (non-hydrogen) atoms. The van der Waals surface area contributed by atoms with Crippen LogP contribution in [0.2, 0.25) is 0 Å². The van der Waals surface area contributed by atoms with E-state index in [1.165, 1.54) is 11.1 Å². The number of rotatable bonds is 4. The summed E-state index contributed by atoms with van der Waals surface area (Å²) in [4.78, 5) is 33.9. The second-order valence-electron chi connectivity index (χ2n) is 8.78. The average Bonchev–Trinajstić information content (AvgIpc) is 2.75. The minimum absolute atomic E-state index is 0.0196. The number of carbonyl (C=O) groups excluding carboxylic acids is 1. The molecule has 1 N–H and O–H groups in total. The molecule has 2 bridgehead atoms. The van der Waals surface area contributed by atoms with Crippen LogP contribution in [0, 0.1) is 5.92 Å². The van der Waals surface area contributed by atoms with Crippen LogP contribution < -0.4 is 5.56 Å². The van der Waals surface area contributed by atoms with Gasteiger partial charge >= 0.3 is 0 Å². The van der Waals surface area contributed by atoms with Gasteiger partial charge in [0.05, 0.1) is 0 Å². The standard InChI is InChI=1S/C27H29N3O2/c1-5-22-21-14-18(2)17-27(22,23-11-12-25(31)29-24(23)16-21)28-13-7-9-19-8-6-10-20(15-19)26(32)30(3)4/h5-15,21H,16-17H2,1-4H3,(H,29,31)/b9-7?,22-5+,28-13?/t21-,27+/m0/s1. The molecule has 4 rings (SSSR count). The number of nitrogens with one attached hydrogen (secondary N) is 1. The Morgan fingerprint density at radius 3 is 2.81 bits per heavy atom. The summed E-state index contributed by atoms with van der Waals surface area (Å²) in [5, 5.41) is 0. The van der Waals surface area contributed by atoms with Gasteiger partial charge in [-0.3, -0.25) is 14.6 Å². The zero-order valence-electron chi connectivity index (χ0n) is 19.1. The molecule has 1 aromatic carbocycles. The van der Waals surface area contributed by atoms with Crippen LogP contribution in [0.15, 0.2) is 75.6 Å². The van der Waals surface area contributed by atoms with Gasteiger partial charge in [0.1, 0.15) is 5.54 Å². The van der Waals surface area contributed by atoms with Crippen LogP contribution >= 0.6 is 0 Å². The number of H-pyrrole nitrogens is 1. The monoisotopic (exact) mass is 427 g/mol. The summed E-state index contributed by atoms with van der Waals surface area (Å²) < 4.78 is 0. The van der Waals surface area contributed by atoms with Crippen LogP contribution in [0.3, 0.4) is 0 Å². The van der Waals surface area contributed by atoms with E-state index in [2.05, 4.69) is 31.0 Å². The van der Waals surface area contributed by atoms with Gasteiger partial charge in [0, 0.05) is 55.5 Å². The summed E-state index contributed by atoms with van der Waals surface area (Å²) in [7, 11) is 3.50. The lowest BCUT2D eigenvalue weighted by atomic mass is 9.63. The SMILES string of the molecule is C/C=C1\[C@H]2C=C(C)C[C@]1(N=CC=Cc1cccc(C(=O)N(C)C)c1)c1ccc(=O)[nH]c1C2. The van der Waals surface area contributed by atoms with Gasteiger partial charge in [-0.1, -0.05) is 35.9 Å². The fourth-order valence-electron chi connectivity index (χ4n) is 5.01. The van der Waals surface area contributed by atoms with Gasteiger partial charge in [0.25, 0.3) is 5.91 Å². The summed E-state index contributed by atoms with van der Waals surface area (Å²) in [6.07, 6.45) is 11.8. The third kappa shape index (κ3) is 3.91. The number of allylic oxidation sites excluding steroid dienone is 3. The molecule has 5 nitrogen and oxygen atoms in total. The lowest BCUT2D eigenvalue weighted by Crippen LogP contribution is -2.40. The average molecular weight is 428 g/mol. The highest BCUT2D eigenvalue weighted by Gasteiger charge is 2.46. The quantitative estimate of drug-likeness (QED) is 0.576. The molecule has 0 aliphatic heterocycles. The van der Waals surface area contributed by atoms with E-state index >= 15 is 0 Å². The van der Waals surface area contributed by atoms with Crippen molar-refractivity contribution >= 4 is 18.2 Å². The van der Waals surface area contributed by atoms with Gasteiger partial charge < -0.3 is 9.88 Å². The molecule has 0 radical (unpaired) electrons. The second-order valence-corrected chi connectivity index (χ2v) is 8.78. The van der Waals surface area contributed by atoms with E-state index in [1.54, 1.807) is 25.1 Å². The smallest absolute Gasteiger partial charge is 0.253 e. The molecular weight excluding hydrogens is 398 g/mol. The first kappa shape index (κ1) is 21.8. The number of benzene rings is 1. The number of hydrogen-bond donors (Lipinski definition) is 1. The van der Waals surface area contributed by atoms with Crippen molar-refractivity contribution in [2.75, 3.05) is 14.1 Å². The highest BCUT2D eigenvalue weighted by molar-refractivity contribution is 5.94. The summed E-state index contributed by atoms with van der Waals surface area (Å²) in [5.74, 6) is 0.225. The Hall–Kier alpha value is -3.47. The predicted molar refractivity (Wildman–Crippen MR) is 130 cm³/mol. The Morgan fingerprint density at radius 1 is 1.25 bits per heavy atom. The topological polar surface area (TPSA) is 65.5 Å². The van der Waals surface area contributed by atoms with E-state index in [0.29, 0.717) is 5.56 Å². The first-order chi connectivity index (χ1) is 15.3. The number of fused-ring (bicyclic) bond motifs is 4. The van der Waals surface area contributed by atoms with E-state index in [-0.39, 0.29) is 17.4 Å². The number of aromatic amines is 1. The van der Waals surface area contributed by atoms with E-state index in [0.717, 1.165) is 29.7 Å². The number of amides is 1. The van der Waals surface area contributed by atoms with Crippen LogP contribution in [0.5, 0.6) is 0 Å². The van der Waals surface area contributed by atoms with Gasteiger partial charge in [-0.2, -0.15) is 0 Å².